The second kappa shape index (κ2) is 4.38. The lowest BCUT2D eigenvalue weighted by atomic mass is 10.0. The highest BCUT2D eigenvalue weighted by Gasteiger charge is 1.97. The van der Waals surface area contributed by atoms with Gasteiger partial charge in [0.15, 0.2) is 0 Å². The van der Waals surface area contributed by atoms with Crippen LogP contribution in [0.15, 0.2) is 67.0 Å². The lowest BCUT2D eigenvalue weighted by Gasteiger charge is -2.03. The molecule has 82 valence electrons. The van der Waals surface area contributed by atoms with Crippen LogP contribution in [0.25, 0.3) is 10.8 Å². The van der Waals surface area contributed by atoms with Crippen molar-refractivity contribution in [3.63, 3.8) is 0 Å². The number of nitrogens with zero attached hydrogens (tertiary/aromatic N) is 1. The van der Waals surface area contributed by atoms with Gasteiger partial charge in [-0.25, -0.2) is 0 Å². The lowest BCUT2D eigenvalue weighted by Crippen LogP contribution is -1.88. The van der Waals surface area contributed by atoms with Gasteiger partial charge in [-0.3, -0.25) is 4.98 Å². The molecule has 1 nitrogen and oxygen atoms in total. The van der Waals surface area contributed by atoms with Crippen LogP contribution in [0.5, 0.6) is 0 Å². The van der Waals surface area contributed by atoms with Crippen molar-refractivity contribution < 1.29 is 0 Å². The molecule has 2 aromatic carbocycles. The van der Waals surface area contributed by atoms with Crippen molar-refractivity contribution in [1.29, 1.82) is 0 Å². The second-order valence-electron chi connectivity index (χ2n) is 4.21. The summed E-state index contributed by atoms with van der Waals surface area (Å²) in [5, 5.41) is 2.60. The summed E-state index contributed by atoms with van der Waals surface area (Å²) in [5.74, 6) is 0. The topological polar surface area (TPSA) is 12.9 Å². The maximum absolute atomic E-state index is 4.04. The molecule has 1 heteroatoms. The molecule has 0 saturated carbocycles. The first-order valence-corrected chi connectivity index (χ1v) is 5.78. The molecule has 0 fully saturated rings. The second-order valence-corrected chi connectivity index (χ2v) is 4.21. The summed E-state index contributed by atoms with van der Waals surface area (Å²) in [7, 11) is 0. The average Bonchev–Trinajstić information content (AvgIpc) is 2.40. The standard InChI is InChI=1S/C16H13N/c1-2-4-16-12-14(5-6-15(16)3-1)11-13-7-9-17-10-8-13/h1-10,12H,11H2. The summed E-state index contributed by atoms with van der Waals surface area (Å²) in [6.07, 6.45) is 4.65. The Morgan fingerprint density at radius 3 is 2.29 bits per heavy atom. The summed E-state index contributed by atoms with van der Waals surface area (Å²) in [4.78, 5) is 4.04. The van der Waals surface area contributed by atoms with Gasteiger partial charge < -0.3 is 0 Å². The van der Waals surface area contributed by atoms with E-state index in [0.717, 1.165) is 6.42 Å². The van der Waals surface area contributed by atoms with Gasteiger partial charge in [-0.15, -0.1) is 0 Å². The molecule has 1 aromatic heterocycles. The maximum atomic E-state index is 4.04. The van der Waals surface area contributed by atoms with Crippen molar-refractivity contribution in [2.75, 3.05) is 0 Å². The van der Waals surface area contributed by atoms with Gasteiger partial charge in [0, 0.05) is 12.4 Å². The zero-order chi connectivity index (χ0) is 11.5. The van der Waals surface area contributed by atoms with E-state index >= 15 is 0 Å². The summed E-state index contributed by atoms with van der Waals surface area (Å²) in [5.41, 5.74) is 2.64. The quantitative estimate of drug-likeness (QED) is 0.638. The molecule has 0 N–H and O–H groups in total. The van der Waals surface area contributed by atoms with Gasteiger partial charge in [0.05, 0.1) is 0 Å². The summed E-state index contributed by atoms with van der Waals surface area (Å²) in [6.45, 7) is 0. The van der Waals surface area contributed by atoms with Crippen molar-refractivity contribution in [2.24, 2.45) is 0 Å². The molecule has 0 bridgehead atoms. The molecule has 0 aliphatic rings. The van der Waals surface area contributed by atoms with Crippen molar-refractivity contribution in [1.82, 2.24) is 4.98 Å². The van der Waals surface area contributed by atoms with Crippen LogP contribution in [0.3, 0.4) is 0 Å². The summed E-state index contributed by atoms with van der Waals surface area (Å²) in [6, 6.07) is 19.2. The SMILES string of the molecule is c1ccc2cc(Cc3ccncc3)ccc2c1. The Hall–Kier alpha value is -2.15. The van der Waals surface area contributed by atoms with Crippen LogP contribution in [0.4, 0.5) is 0 Å². The van der Waals surface area contributed by atoms with Gasteiger partial charge in [0.25, 0.3) is 0 Å². The summed E-state index contributed by atoms with van der Waals surface area (Å²) >= 11 is 0. The molecule has 0 saturated heterocycles. The molecule has 0 unspecified atom stereocenters. The molecule has 0 atom stereocenters. The van der Waals surface area contributed by atoms with Gasteiger partial charge in [-0.1, -0.05) is 42.5 Å². The number of aromatic nitrogens is 1. The van der Waals surface area contributed by atoms with E-state index in [4.69, 9.17) is 0 Å². The number of hydrogen-bond acceptors (Lipinski definition) is 1. The highest BCUT2D eigenvalue weighted by atomic mass is 14.6. The fourth-order valence-corrected chi connectivity index (χ4v) is 2.09. The number of rotatable bonds is 2. The van der Waals surface area contributed by atoms with Crippen LogP contribution in [-0.2, 0) is 6.42 Å². The predicted octanol–water partition coefficient (Wildman–Crippen LogP) is 3.83. The van der Waals surface area contributed by atoms with E-state index in [-0.39, 0.29) is 0 Å². The Labute approximate surface area is 101 Å². The molecule has 3 aromatic rings. The molecule has 17 heavy (non-hydrogen) atoms. The highest BCUT2D eigenvalue weighted by Crippen LogP contribution is 2.17. The van der Waals surface area contributed by atoms with Crippen LogP contribution in [-0.4, -0.2) is 4.98 Å². The third-order valence-electron chi connectivity index (χ3n) is 2.97. The number of fused-ring (bicyclic) bond motifs is 1. The Kier molecular flexibility index (Phi) is 2.59. The number of benzene rings is 2. The van der Waals surface area contributed by atoms with E-state index in [0.29, 0.717) is 0 Å². The average molecular weight is 219 g/mol. The van der Waals surface area contributed by atoms with Crippen LogP contribution < -0.4 is 0 Å². The third-order valence-corrected chi connectivity index (χ3v) is 2.97. The molecule has 0 spiro atoms. The van der Waals surface area contributed by atoms with Crippen molar-refractivity contribution >= 4 is 10.8 Å². The fourth-order valence-electron chi connectivity index (χ4n) is 2.09. The minimum atomic E-state index is 0.966. The minimum Gasteiger partial charge on any atom is -0.265 e. The molecule has 3 rings (SSSR count). The van der Waals surface area contributed by atoms with Crippen molar-refractivity contribution in [3.05, 3.63) is 78.1 Å². The Balaban J connectivity index is 1.96. The number of hydrogen-bond donors (Lipinski definition) is 0. The van der Waals surface area contributed by atoms with Crippen LogP contribution in [0.2, 0.25) is 0 Å². The Bertz CT molecular complexity index is 629. The first-order chi connectivity index (χ1) is 8.42. The van der Waals surface area contributed by atoms with Gasteiger partial charge in [0.1, 0.15) is 0 Å². The minimum absolute atomic E-state index is 0.966. The molecule has 0 aliphatic carbocycles. The Morgan fingerprint density at radius 1 is 0.706 bits per heavy atom. The zero-order valence-corrected chi connectivity index (χ0v) is 9.51. The monoisotopic (exact) mass is 219 g/mol. The van der Waals surface area contributed by atoms with Crippen LogP contribution >= 0.6 is 0 Å². The summed E-state index contributed by atoms with van der Waals surface area (Å²) < 4.78 is 0. The van der Waals surface area contributed by atoms with Crippen molar-refractivity contribution in [3.8, 4) is 0 Å². The smallest absolute Gasteiger partial charge is 0.0270 e. The van der Waals surface area contributed by atoms with Crippen LogP contribution in [0, 0.1) is 0 Å². The molecule has 0 aliphatic heterocycles. The van der Waals surface area contributed by atoms with E-state index in [1.165, 1.54) is 21.9 Å². The highest BCUT2D eigenvalue weighted by molar-refractivity contribution is 5.83. The van der Waals surface area contributed by atoms with Crippen molar-refractivity contribution in [2.45, 2.75) is 6.42 Å². The molecule has 0 radical (unpaired) electrons. The van der Waals surface area contributed by atoms with E-state index < -0.39 is 0 Å². The van der Waals surface area contributed by atoms with Gasteiger partial charge in [0.2, 0.25) is 0 Å². The fraction of sp³-hybridized carbons (Fsp3) is 0.0625. The predicted molar refractivity (Wildman–Crippen MR) is 71.0 cm³/mol. The maximum Gasteiger partial charge on any atom is 0.0270 e. The van der Waals surface area contributed by atoms with E-state index in [2.05, 4.69) is 59.6 Å². The Morgan fingerprint density at radius 2 is 1.47 bits per heavy atom. The lowest BCUT2D eigenvalue weighted by molar-refractivity contribution is 1.17. The van der Waals surface area contributed by atoms with E-state index in [1.54, 1.807) is 0 Å². The van der Waals surface area contributed by atoms with Gasteiger partial charge in [-0.05, 0) is 40.5 Å². The molecule has 0 amide bonds. The van der Waals surface area contributed by atoms with Gasteiger partial charge in [-0.2, -0.15) is 0 Å². The normalized spacial score (nSPS) is 10.6. The largest absolute Gasteiger partial charge is 0.265 e. The molecular formula is C16H13N. The molecular weight excluding hydrogens is 206 g/mol. The number of pyridine rings is 1. The third kappa shape index (κ3) is 2.18. The van der Waals surface area contributed by atoms with Crippen LogP contribution in [0.1, 0.15) is 11.1 Å². The van der Waals surface area contributed by atoms with E-state index in [9.17, 15) is 0 Å². The molecule has 1 heterocycles. The van der Waals surface area contributed by atoms with Gasteiger partial charge >= 0.3 is 0 Å². The first-order valence-electron chi connectivity index (χ1n) is 5.78. The zero-order valence-electron chi connectivity index (χ0n) is 9.51. The van der Waals surface area contributed by atoms with E-state index in [1.807, 2.05) is 12.4 Å². The first kappa shape index (κ1) is 10.0.